The molecule has 1 unspecified atom stereocenters. The van der Waals surface area contributed by atoms with Crippen LogP contribution in [-0.2, 0) is 14.8 Å². The number of carbonyl (C=O) groups excluding carboxylic acids is 1. The van der Waals surface area contributed by atoms with Crippen molar-refractivity contribution in [2.75, 3.05) is 16.6 Å². The lowest BCUT2D eigenvalue weighted by atomic mass is 10.2. The number of anilines is 2. The second-order valence-electron chi connectivity index (χ2n) is 7.61. The lowest BCUT2D eigenvalue weighted by molar-refractivity contribution is -0.158. The molecule has 2 N–H and O–H groups in total. The zero-order valence-corrected chi connectivity index (χ0v) is 19.2. The number of halogens is 2. The third-order valence-electron chi connectivity index (χ3n) is 4.70. The van der Waals surface area contributed by atoms with Gasteiger partial charge in [-0.2, -0.15) is 8.78 Å². The van der Waals surface area contributed by atoms with Crippen LogP contribution >= 0.6 is 0 Å². The van der Waals surface area contributed by atoms with Crippen LogP contribution in [0.4, 0.5) is 20.2 Å². The number of nitrogens with zero attached hydrogens (tertiary/aromatic N) is 3. The summed E-state index contributed by atoms with van der Waals surface area (Å²) in [5, 5.41) is 6.17. The highest BCUT2D eigenvalue weighted by atomic mass is 32.2. The third-order valence-corrected chi connectivity index (χ3v) is 6.12. The molecule has 1 fully saturated rings. The first-order chi connectivity index (χ1) is 16.0. The molecular weight excluding hydrogens is 472 g/mol. The predicted octanol–water partition coefficient (Wildman–Crippen LogP) is 4.91. The highest BCUT2D eigenvalue weighted by Crippen LogP contribution is 2.36. The van der Waals surface area contributed by atoms with Crippen LogP contribution in [0.5, 0.6) is 11.5 Å². The predicted molar refractivity (Wildman–Crippen MR) is 120 cm³/mol. The molecule has 1 aliphatic rings. The number of alkyl halides is 2. The Hall–Kier alpha value is -3.57. The Morgan fingerprint density at radius 3 is 2.62 bits per heavy atom. The molecule has 0 aromatic heterocycles. The topological polar surface area (TPSA) is 142 Å². The number of nitrogens with one attached hydrogen (secondary N) is 2. The van der Waals surface area contributed by atoms with Crippen molar-refractivity contribution in [2.24, 2.45) is 11.0 Å². The molecule has 1 amide bonds. The molecule has 0 radical (unpaired) electrons. The van der Waals surface area contributed by atoms with Gasteiger partial charge in [-0.1, -0.05) is 11.2 Å². The van der Waals surface area contributed by atoms with Gasteiger partial charge in [0.25, 0.3) is 10.0 Å². The molecule has 13 heteroatoms. The molecule has 10 nitrogen and oxygen atoms in total. The van der Waals surface area contributed by atoms with E-state index in [-0.39, 0.29) is 40.3 Å². The van der Waals surface area contributed by atoms with E-state index in [1.807, 2.05) is 0 Å². The number of amides is 1. The van der Waals surface area contributed by atoms with E-state index in [0.29, 0.717) is 6.92 Å². The number of hydrogen-bond acceptors (Lipinski definition) is 6. The van der Waals surface area contributed by atoms with Crippen LogP contribution in [0, 0.1) is 5.92 Å². The summed E-state index contributed by atoms with van der Waals surface area (Å²) in [7, 11) is -4.20. The monoisotopic (exact) mass is 495 g/mol. The van der Waals surface area contributed by atoms with Gasteiger partial charge in [0, 0.05) is 29.7 Å². The van der Waals surface area contributed by atoms with Crippen molar-refractivity contribution >= 4 is 27.3 Å². The third kappa shape index (κ3) is 6.72. The highest BCUT2D eigenvalue weighted by Gasteiger charge is 2.35. The fourth-order valence-corrected chi connectivity index (χ4v) is 4.34. The largest absolute Gasteiger partial charge is 0.492 e. The quantitative estimate of drug-likeness (QED) is 0.259. The summed E-state index contributed by atoms with van der Waals surface area (Å²) in [6, 6.07) is 8.22. The van der Waals surface area contributed by atoms with Crippen molar-refractivity contribution in [1.82, 2.24) is 0 Å². The molecule has 3 rings (SSSR count). The Morgan fingerprint density at radius 2 is 2.00 bits per heavy atom. The summed E-state index contributed by atoms with van der Waals surface area (Å²) in [5.74, 6) is -0.771. The van der Waals surface area contributed by atoms with Gasteiger partial charge in [0.2, 0.25) is 5.91 Å². The standard InChI is InChI=1S/C21H23F2N5O5S/c1-3-32-17-12-14(25-20(29)19(26-28-24)13-7-8-13)9-10-18(17)34(30,31)27-15-5-4-6-16(11-15)33-21(2,22)23/h4-6,9-13,19,27H,3,7-8H2,1-2H3,(H,25,29). The van der Waals surface area contributed by atoms with Crippen LogP contribution in [-0.4, -0.2) is 33.1 Å². The first kappa shape index (κ1) is 25.1. The Morgan fingerprint density at radius 1 is 1.26 bits per heavy atom. The van der Waals surface area contributed by atoms with Crippen LogP contribution in [0.3, 0.4) is 0 Å². The number of rotatable bonds is 11. The average Bonchev–Trinajstić information content (AvgIpc) is 3.56. The summed E-state index contributed by atoms with van der Waals surface area (Å²) in [4.78, 5) is 15.0. The van der Waals surface area contributed by atoms with Crippen LogP contribution < -0.4 is 19.5 Å². The van der Waals surface area contributed by atoms with Gasteiger partial charge in [-0.05, 0) is 55.5 Å². The van der Waals surface area contributed by atoms with Gasteiger partial charge in [0.1, 0.15) is 22.4 Å². The smallest absolute Gasteiger partial charge is 0.394 e. The van der Waals surface area contributed by atoms with Gasteiger partial charge in [-0.3, -0.25) is 9.52 Å². The second-order valence-corrected chi connectivity index (χ2v) is 9.26. The minimum Gasteiger partial charge on any atom is -0.492 e. The Kier molecular flexibility index (Phi) is 7.48. The number of azide groups is 1. The molecular formula is C21H23F2N5O5S. The van der Waals surface area contributed by atoms with E-state index in [9.17, 15) is 22.0 Å². The number of benzene rings is 2. The van der Waals surface area contributed by atoms with Crippen LogP contribution in [0.1, 0.15) is 26.7 Å². The van der Waals surface area contributed by atoms with Gasteiger partial charge in [0.15, 0.2) is 0 Å². The van der Waals surface area contributed by atoms with E-state index in [4.69, 9.17) is 10.3 Å². The molecule has 1 atom stereocenters. The van der Waals surface area contributed by atoms with Crippen molar-refractivity contribution in [2.45, 2.75) is 43.7 Å². The Balaban J connectivity index is 1.83. The minimum absolute atomic E-state index is 0.00298. The van der Waals surface area contributed by atoms with Gasteiger partial charge in [-0.25, -0.2) is 8.42 Å². The first-order valence-electron chi connectivity index (χ1n) is 10.3. The lowest BCUT2D eigenvalue weighted by Gasteiger charge is -2.16. The fraction of sp³-hybridized carbons (Fsp3) is 0.381. The average molecular weight is 496 g/mol. The van der Waals surface area contributed by atoms with Gasteiger partial charge in [-0.15, -0.1) is 0 Å². The summed E-state index contributed by atoms with van der Waals surface area (Å²) >= 11 is 0. The lowest BCUT2D eigenvalue weighted by Crippen LogP contribution is -2.27. The first-order valence-corrected chi connectivity index (χ1v) is 11.8. The molecule has 1 aliphatic carbocycles. The molecule has 2 aromatic carbocycles. The Labute approximate surface area is 194 Å². The number of carbonyl (C=O) groups is 1. The van der Waals surface area contributed by atoms with E-state index >= 15 is 0 Å². The van der Waals surface area contributed by atoms with E-state index in [1.165, 1.54) is 36.4 Å². The highest BCUT2D eigenvalue weighted by molar-refractivity contribution is 7.92. The molecule has 182 valence electrons. The summed E-state index contributed by atoms with van der Waals surface area (Å²) < 4.78 is 64.5. The van der Waals surface area contributed by atoms with E-state index in [2.05, 4.69) is 24.8 Å². The van der Waals surface area contributed by atoms with Crippen molar-refractivity contribution in [3.8, 4) is 11.5 Å². The number of sulfonamides is 1. The number of ether oxygens (including phenoxy) is 2. The van der Waals surface area contributed by atoms with Crippen molar-refractivity contribution in [3.63, 3.8) is 0 Å². The summed E-state index contributed by atoms with van der Waals surface area (Å²) in [6.07, 6.45) is -1.87. The SMILES string of the molecule is CCOc1cc(NC(=O)C(N=[N+]=[N-])C2CC2)ccc1S(=O)(=O)Nc1cccc(OC(C)(F)F)c1. The van der Waals surface area contributed by atoms with E-state index in [1.54, 1.807) is 6.92 Å². The van der Waals surface area contributed by atoms with Crippen LogP contribution in [0.15, 0.2) is 52.5 Å². The second kappa shape index (κ2) is 10.1. The zero-order valence-electron chi connectivity index (χ0n) is 18.4. The number of hydrogen-bond donors (Lipinski definition) is 2. The molecule has 0 heterocycles. The maximum absolute atomic E-state index is 13.1. The van der Waals surface area contributed by atoms with Crippen molar-refractivity contribution < 1.29 is 31.5 Å². The van der Waals surface area contributed by atoms with Crippen molar-refractivity contribution in [1.29, 1.82) is 0 Å². The molecule has 1 saturated carbocycles. The van der Waals surface area contributed by atoms with Crippen LogP contribution in [0.2, 0.25) is 0 Å². The normalized spacial score (nSPS) is 14.5. The van der Waals surface area contributed by atoms with E-state index < -0.39 is 28.1 Å². The van der Waals surface area contributed by atoms with Gasteiger partial charge in [0.05, 0.1) is 12.3 Å². The zero-order chi connectivity index (χ0) is 24.9. The van der Waals surface area contributed by atoms with Crippen molar-refractivity contribution in [3.05, 3.63) is 52.9 Å². The van der Waals surface area contributed by atoms with Crippen LogP contribution in [0.25, 0.3) is 10.4 Å². The summed E-state index contributed by atoms with van der Waals surface area (Å²) in [5.41, 5.74) is 8.96. The molecule has 0 aliphatic heterocycles. The maximum atomic E-state index is 13.1. The van der Waals surface area contributed by atoms with Gasteiger partial charge < -0.3 is 14.8 Å². The molecule has 0 spiro atoms. The Bertz CT molecular complexity index is 1210. The fourth-order valence-electron chi connectivity index (χ4n) is 3.16. The molecule has 2 aromatic rings. The molecule has 0 saturated heterocycles. The van der Waals surface area contributed by atoms with Gasteiger partial charge >= 0.3 is 6.11 Å². The molecule has 0 bridgehead atoms. The minimum atomic E-state index is -4.20. The maximum Gasteiger partial charge on any atom is 0.394 e. The summed E-state index contributed by atoms with van der Waals surface area (Å²) in [6.45, 7) is 2.36. The molecule has 34 heavy (non-hydrogen) atoms. The van der Waals surface area contributed by atoms with E-state index in [0.717, 1.165) is 18.9 Å².